The molecule has 12 heteroatoms. The molecular formula is C17H9F9O3. The predicted molar refractivity (Wildman–Crippen MR) is 79.3 cm³/mol. The van der Waals surface area contributed by atoms with Crippen molar-refractivity contribution in [2.45, 2.75) is 25.3 Å². The van der Waals surface area contributed by atoms with Gasteiger partial charge < -0.3 is 9.47 Å². The minimum Gasteiger partial charge on any atom is -0.489 e. The molecule has 29 heavy (non-hydrogen) atoms. The van der Waals surface area contributed by atoms with E-state index in [2.05, 4.69) is 4.74 Å². The fourth-order valence-electron chi connectivity index (χ4n) is 2.24. The Hall–Kier alpha value is -2.92. The molecule has 0 spiro atoms. The van der Waals surface area contributed by atoms with E-state index in [9.17, 15) is 44.3 Å². The topological polar surface area (TPSA) is 35.5 Å². The van der Waals surface area contributed by atoms with Gasteiger partial charge in [-0.15, -0.1) is 13.2 Å². The van der Waals surface area contributed by atoms with Gasteiger partial charge in [0, 0.05) is 17.2 Å². The van der Waals surface area contributed by atoms with Crippen LogP contribution in [-0.2, 0) is 19.0 Å². The molecule has 2 aromatic rings. The van der Waals surface area contributed by atoms with Crippen LogP contribution in [0, 0.1) is 0 Å². The number of halogens is 9. The molecule has 158 valence electrons. The number of hydrogen-bond donors (Lipinski definition) is 0. The summed E-state index contributed by atoms with van der Waals surface area (Å²) in [6.45, 7) is -0.930. The summed E-state index contributed by atoms with van der Waals surface area (Å²) < 4.78 is 123. The summed E-state index contributed by atoms with van der Waals surface area (Å²) in [7, 11) is 0. The third-order valence-electron chi connectivity index (χ3n) is 3.41. The molecule has 0 fully saturated rings. The van der Waals surface area contributed by atoms with Crippen LogP contribution in [0.2, 0.25) is 0 Å². The first kappa shape index (κ1) is 22.4. The van der Waals surface area contributed by atoms with E-state index in [4.69, 9.17) is 4.74 Å². The summed E-state index contributed by atoms with van der Waals surface area (Å²) in [6.07, 6.45) is -15.1. The van der Waals surface area contributed by atoms with Crippen molar-refractivity contribution in [3.63, 3.8) is 0 Å². The fourth-order valence-corrected chi connectivity index (χ4v) is 2.24. The van der Waals surface area contributed by atoms with E-state index in [0.29, 0.717) is 24.3 Å². The minimum atomic E-state index is -5.14. The standard InChI is InChI=1S/C17H9F9O3/c18-15(19,20)11-2-1-10(14(5-11)16(21,22)23)8-28-12-3-9(7-27)4-13(6-12)29-17(24,25)26/h1-7H,8H2. The second-order valence-electron chi connectivity index (χ2n) is 5.56. The lowest BCUT2D eigenvalue weighted by atomic mass is 10.0. The zero-order chi connectivity index (χ0) is 22.0. The highest BCUT2D eigenvalue weighted by Gasteiger charge is 2.38. The molecule has 2 rings (SSSR count). The van der Waals surface area contributed by atoms with E-state index >= 15 is 0 Å². The molecule has 2 aromatic carbocycles. The smallest absolute Gasteiger partial charge is 0.489 e. The number of aldehydes is 1. The van der Waals surface area contributed by atoms with Gasteiger partial charge in [-0.05, 0) is 24.3 Å². The Morgan fingerprint density at radius 1 is 0.793 bits per heavy atom. The van der Waals surface area contributed by atoms with E-state index in [0.717, 1.165) is 6.07 Å². The molecule has 0 atom stereocenters. The third-order valence-corrected chi connectivity index (χ3v) is 3.41. The maximum absolute atomic E-state index is 13.1. The molecule has 0 radical (unpaired) electrons. The van der Waals surface area contributed by atoms with Crippen LogP contribution in [0.3, 0.4) is 0 Å². The Morgan fingerprint density at radius 3 is 1.93 bits per heavy atom. The largest absolute Gasteiger partial charge is 0.573 e. The normalized spacial score (nSPS) is 12.6. The number of benzene rings is 2. The monoisotopic (exact) mass is 432 g/mol. The number of carbonyl (C=O) groups is 1. The van der Waals surface area contributed by atoms with Gasteiger partial charge in [-0.2, -0.15) is 26.3 Å². The average Bonchev–Trinajstić information content (AvgIpc) is 2.56. The highest BCUT2D eigenvalue weighted by atomic mass is 19.4. The Balaban J connectivity index is 2.34. The zero-order valence-corrected chi connectivity index (χ0v) is 13.9. The molecule has 0 aliphatic rings. The predicted octanol–water partition coefficient (Wildman–Crippen LogP) is 6.01. The number of hydrogen-bond acceptors (Lipinski definition) is 3. The molecule has 0 aromatic heterocycles. The highest BCUT2D eigenvalue weighted by molar-refractivity contribution is 5.76. The Bertz CT molecular complexity index is 883. The lowest BCUT2D eigenvalue weighted by Crippen LogP contribution is -2.17. The van der Waals surface area contributed by atoms with Crippen LogP contribution < -0.4 is 9.47 Å². The zero-order valence-electron chi connectivity index (χ0n) is 13.9. The summed E-state index contributed by atoms with van der Waals surface area (Å²) in [5.74, 6) is -1.32. The van der Waals surface area contributed by atoms with Gasteiger partial charge >= 0.3 is 18.7 Å². The van der Waals surface area contributed by atoms with Crippen LogP contribution >= 0.6 is 0 Å². The molecule has 0 aliphatic heterocycles. The van der Waals surface area contributed by atoms with Gasteiger partial charge in [-0.25, -0.2) is 0 Å². The third kappa shape index (κ3) is 6.29. The maximum atomic E-state index is 13.1. The van der Waals surface area contributed by atoms with Crippen molar-refractivity contribution in [2.75, 3.05) is 0 Å². The molecule has 0 saturated carbocycles. The molecule has 0 aliphatic carbocycles. The van der Waals surface area contributed by atoms with Crippen LogP contribution in [0.5, 0.6) is 11.5 Å². The first-order valence-electron chi connectivity index (χ1n) is 7.45. The van der Waals surface area contributed by atoms with Crippen molar-refractivity contribution in [3.05, 3.63) is 58.7 Å². The molecule has 3 nitrogen and oxygen atoms in total. The van der Waals surface area contributed by atoms with Gasteiger partial charge in [0.25, 0.3) is 0 Å². The van der Waals surface area contributed by atoms with Crippen LogP contribution in [0.15, 0.2) is 36.4 Å². The molecule has 0 bridgehead atoms. The van der Waals surface area contributed by atoms with Gasteiger partial charge in [0.1, 0.15) is 24.4 Å². The number of rotatable bonds is 5. The first-order valence-corrected chi connectivity index (χ1v) is 7.45. The summed E-state index contributed by atoms with van der Waals surface area (Å²) in [5.41, 5.74) is -4.17. The maximum Gasteiger partial charge on any atom is 0.573 e. The Morgan fingerprint density at radius 2 is 1.41 bits per heavy atom. The van der Waals surface area contributed by atoms with Crippen molar-refractivity contribution in [1.82, 2.24) is 0 Å². The van der Waals surface area contributed by atoms with E-state index in [1.807, 2.05) is 0 Å². The van der Waals surface area contributed by atoms with Crippen molar-refractivity contribution < 1.29 is 53.8 Å². The quantitative estimate of drug-likeness (QED) is 0.429. The van der Waals surface area contributed by atoms with E-state index in [-0.39, 0.29) is 17.9 Å². The number of alkyl halides is 9. The fraction of sp³-hybridized carbons (Fsp3) is 0.235. The number of ether oxygens (including phenoxy) is 2. The highest BCUT2D eigenvalue weighted by Crippen LogP contribution is 2.38. The lowest BCUT2D eigenvalue weighted by molar-refractivity contribution is -0.274. The van der Waals surface area contributed by atoms with E-state index in [1.165, 1.54) is 0 Å². The number of carbonyl (C=O) groups excluding carboxylic acids is 1. The van der Waals surface area contributed by atoms with E-state index in [1.54, 1.807) is 0 Å². The first-order chi connectivity index (χ1) is 13.2. The van der Waals surface area contributed by atoms with Crippen LogP contribution in [0.1, 0.15) is 27.0 Å². The van der Waals surface area contributed by atoms with Crippen LogP contribution in [0.25, 0.3) is 0 Å². The summed E-state index contributed by atoms with van der Waals surface area (Å²) in [6, 6.07) is 3.16. The van der Waals surface area contributed by atoms with Gasteiger partial charge in [0.05, 0.1) is 11.1 Å². The van der Waals surface area contributed by atoms with Gasteiger partial charge in [-0.3, -0.25) is 4.79 Å². The molecule has 0 amide bonds. The summed E-state index contributed by atoms with van der Waals surface area (Å²) in [5, 5.41) is 0. The van der Waals surface area contributed by atoms with Crippen molar-refractivity contribution in [3.8, 4) is 11.5 Å². The Labute approximate surface area is 156 Å². The second-order valence-corrected chi connectivity index (χ2v) is 5.56. The van der Waals surface area contributed by atoms with Crippen LogP contribution in [0.4, 0.5) is 39.5 Å². The molecule has 0 N–H and O–H groups in total. The minimum absolute atomic E-state index is 0.0985. The molecular weight excluding hydrogens is 423 g/mol. The van der Waals surface area contributed by atoms with Crippen molar-refractivity contribution in [2.24, 2.45) is 0 Å². The van der Waals surface area contributed by atoms with Gasteiger partial charge in [0.15, 0.2) is 0 Å². The summed E-state index contributed by atoms with van der Waals surface area (Å²) >= 11 is 0. The van der Waals surface area contributed by atoms with E-state index < -0.39 is 53.5 Å². The Kier molecular flexibility index (Phi) is 6.04. The van der Waals surface area contributed by atoms with Crippen LogP contribution in [-0.4, -0.2) is 12.6 Å². The molecule has 0 unspecified atom stereocenters. The van der Waals surface area contributed by atoms with Crippen molar-refractivity contribution >= 4 is 6.29 Å². The van der Waals surface area contributed by atoms with Gasteiger partial charge in [0.2, 0.25) is 0 Å². The summed E-state index contributed by atoms with van der Waals surface area (Å²) in [4.78, 5) is 10.8. The average molecular weight is 432 g/mol. The SMILES string of the molecule is O=Cc1cc(OCc2ccc(C(F)(F)F)cc2C(F)(F)F)cc(OC(F)(F)F)c1. The lowest BCUT2D eigenvalue weighted by Gasteiger charge is -2.17. The second kappa shape index (κ2) is 7.84. The molecule has 0 saturated heterocycles. The van der Waals surface area contributed by atoms with Crippen molar-refractivity contribution in [1.29, 1.82) is 0 Å². The van der Waals surface area contributed by atoms with Gasteiger partial charge in [-0.1, -0.05) is 6.07 Å². The molecule has 0 heterocycles.